The zero-order valence-corrected chi connectivity index (χ0v) is 10.9. The van der Waals surface area contributed by atoms with Gasteiger partial charge in [-0.05, 0) is 29.7 Å². The molecule has 0 heterocycles. The van der Waals surface area contributed by atoms with Gasteiger partial charge in [0.05, 0.1) is 6.04 Å². The molecular weight excluding hydrogens is 273 g/mol. The van der Waals surface area contributed by atoms with Crippen LogP contribution in [0, 0.1) is 11.7 Å². The van der Waals surface area contributed by atoms with E-state index in [1.54, 1.807) is 12.1 Å². The lowest BCUT2D eigenvalue weighted by Gasteiger charge is -2.14. The van der Waals surface area contributed by atoms with E-state index in [4.69, 9.17) is 5.73 Å². The monoisotopic (exact) mass is 287 g/mol. The van der Waals surface area contributed by atoms with Crippen LogP contribution in [-0.4, -0.2) is 11.8 Å². The molecule has 0 saturated carbocycles. The quantitative estimate of drug-likeness (QED) is 0.925. The number of Topliss-reactive ketones (excluding diaryl/α,β-unsaturated/α-hetero) is 1. The van der Waals surface area contributed by atoms with Crippen LogP contribution in [0.25, 0.3) is 0 Å². The van der Waals surface area contributed by atoms with Gasteiger partial charge in [-0.25, -0.2) is 4.39 Å². The van der Waals surface area contributed by atoms with E-state index in [1.807, 2.05) is 13.8 Å². The van der Waals surface area contributed by atoms with E-state index in [-0.39, 0.29) is 23.9 Å². The summed E-state index contributed by atoms with van der Waals surface area (Å²) in [4.78, 5) is 11.7. The molecule has 0 aromatic heterocycles. The Hall–Kier alpha value is -0.740. The van der Waals surface area contributed by atoms with Crippen LogP contribution < -0.4 is 5.73 Å². The van der Waals surface area contributed by atoms with Crippen LogP contribution in [-0.2, 0) is 11.2 Å². The largest absolute Gasteiger partial charge is 0.321 e. The first kappa shape index (κ1) is 13.3. The van der Waals surface area contributed by atoms with Crippen molar-refractivity contribution >= 4 is 21.7 Å². The highest BCUT2D eigenvalue weighted by Crippen LogP contribution is 2.17. The summed E-state index contributed by atoms with van der Waals surface area (Å²) in [5.74, 6) is -0.428. The van der Waals surface area contributed by atoms with Gasteiger partial charge in [0.2, 0.25) is 0 Å². The summed E-state index contributed by atoms with van der Waals surface area (Å²) < 4.78 is 14.1. The minimum atomic E-state index is -0.529. The molecule has 0 aliphatic carbocycles. The molecule has 1 unspecified atom stereocenters. The summed E-state index contributed by atoms with van der Waals surface area (Å²) >= 11 is 3.24. The van der Waals surface area contributed by atoms with Crippen LogP contribution in [0.3, 0.4) is 0 Å². The highest BCUT2D eigenvalue weighted by atomic mass is 79.9. The Kier molecular flexibility index (Phi) is 4.62. The lowest BCUT2D eigenvalue weighted by atomic mass is 9.96. The summed E-state index contributed by atoms with van der Waals surface area (Å²) in [6, 6.07) is 4.03. The molecule has 2 N–H and O–H groups in total. The van der Waals surface area contributed by atoms with Crippen LogP contribution >= 0.6 is 15.9 Å². The molecule has 0 fully saturated rings. The molecule has 0 spiro atoms. The predicted octanol–water partition coefficient (Wildman–Crippen LogP) is 2.68. The Morgan fingerprint density at radius 3 is 2.69 bits per heavy atom. The van der Waals surface area contributed by atoms with Crippen molar-refractivity contribution in [3.63, 3.8) is 0 Å². The summed E-state index contributed by atoms with van der Waals surface area (Å²) in [5.41, 5.74) is 6.10. The van der Waals surface area contributed by atoms with Crippen LogP contribution in [0.4, 0.5) is 4.39 Å². The van der Waals surface area contributed by atoms with Gasteiger partial charge in [0, 0.05) is 10.9 Å². The van der Waals surface area contributed by atoms with Crippen molar-refractivity contribution < 1.29 is 9.18 Å². The van der Waals surface area contributed by atoms with Gasteiger partial charge in [0.1, 0.15) is 5.82 Å². The SMILES string of the molecule is CC(C)C(N)C(=O)Cc1cc(Br)ccc1F. The Labute approximate surface area is 103 Å². The van der Waals surface area contributed by atoms with Crippen molar-refractivity contribution in [3.05, 3.63) is 34.1 Å². The second kappa shape index (κ2) is 5.55. The van der Waals surface area contributed by atoms with Crippen LogP contribution in [0.15, 0.2) is 22.7 Å². The number of hydrogen-bond donors (Lipinski definition) is 1. The average Bonchev–Trinajstić information content (AvgIpc) is 2.22. The van der Waals surface area contributed by atoms with Crippen molar-refractivity contribution in [3.8, 4) is 0 Å². The van der Waals surface area contributed by atoms with E-state index < -0.39 is 6.04 Å². The highest BCUT2D eigenvalue weighted by Gasteiger charge is 2.18. The van der Waals surface area contributed by atoms with Gasteiger partial charge >= 0.3 is 0 Å². The molecule has 1 atom stereocenters. The molecule has 0 aliphatic rings. The van der Waals surface area contributed by atoms with Crippen LogP contribution in [0.2, 0.25) is 0 Å². The molecule has 2 nitrogen and oxygen atoms in total. The van der Waals surface area contributed by atoms with Gasteiger partial charge in [-0.15, -0.1) is 0 Å². The number of carbonyl (C=O) groups excluding carboxylic acids is 1. The topological polar surface area (TPSA) is 43.1 Å². The standard InChI is InChI=1S/C12H15BrFNO/c1-7(2)12(15)11(16)6-8-5-9(13)3-4-10(8)14/h3-5,7,12H,6,15H2,1-2H3. The van der Waals surface area contributed by atoms with Crippen molar-refractivity contribution in [2.24, 2.45) is 11.7 Å². The Balaban J connectivity index is 2.80. The molecule has 4 heteroatoms. The number of halogens is 2. The molecule has 0 amide bonds. The molecular formula is C12H15BrFNO. The second-order valence-electron chi connectivity index (χ2n) is 4.15. The van der Waals surface area contributed by atoms with E-state index in [9.17, 15) is 9.18 Å². The Morgan fingerprint density at radius 2 is 2.12 bits per heavy atom. The minimum Gasteiger partial charge on any atom is -0.321 e. The normalized spacial score (nSPS) is 12.9. The van der Waals surface area contributed by atoms with Gasteiger partial charge in [-0.1, -0.05) is 29.8 Å². The third kappa shape index (κ3) is 3.39. The van der Waals surface area contributed by atoms with Gasteiger partial charge in [0.15, 0.2) is 5.78 Å². The lowest BCUT2D eigenvalue weighted by molar-refractivity contribution is -0.120. The summed E-state index contributed by atoms with van der Waals surface area (Å²) in [5, 5.41) is 0. The highest BCUT2D eigenvalue weighted by molar-refractivity contribution is 9.10. The van der Waals surface area contributed by atoms with Gasteiger partial charge in [-0.2, -0.15) is 0 Å². The fraction of sp³-hybridized carbons (Fsp3) is 0.417. The molecule has 0 bridgehead atoms. The number of ketones is 1. The number of hydrogen-bond acceptors (Lipinski definition) is 2. The molecule has 16 heavy (non-hydrogen) atoms. The predicted molar refractivity (Wildman–Crippen MR) is 65.6 cm³/mol. The first-order valence-corrected chi connectivity index (χ1v) is 5.93. The zero-order valence-electron chi connectivity index (χ0n) is 9.34. The van der Waals surface area contributed by atoms with Crippen molar-refractivity contribution in [2.75, 3.05) is 0 Å². The lowest BCUT2D eigenvalue weighted by Crippen LogP contribution is -2.36. The molecule has 1 aromatic carbocycles. The summed E-state index contributed by atoms with van der Waals surface area (Å²) in [6.07, 6.45) is 0.0462. The van der Waals surface area contributed by atoms with E-state index >= 15 is 0 Å². The first-order chi connectivity index (χ1) is 7.41. The van der Waals surface area contributed by atoms with Crippen molar-refractivity contribution in [2.45, 2.75) is 26.3 Å². The van der Waals surface area contributed by atoms with Crippen molar-refractivity contribution in [1.29, 1.82) is 0 Å². The number of rotatable bonds is 4. The van der Waals surface area contributed by atoms with Gasteiger partial charge in [-0.3, -0.25) is 4.79 Å². The maximum absolute atomic E-state index is 13.4. The molecule has 1 rings (SSSR count). The van der Waals surface area contributed by atoms with E-state index in [0.717, 1.165) is 4.47 Å². The number of nitrogens with two attached hydrogens (primary N) is 1. The van der Waals surface area contributed by atoms with Crippen molar-refractivity contribution in [1.82, 2.24) is 0 Å². The maximum atomic E-state index is 13.4. The minimum absolute atomic E-state index is 0.0462. The molecule has 88 valence electrons. The molecule has 1 aromatic rings. The smallest absolute Gasteiger partial charge is 0.154 e. The van der Waals surface area contributed by atoms with E-state index in [0.29, 0.717) is 5.56 Å². The maximum Gasteiger partial charge on any atom is 0.154 e. The number of carbonyl (C=O) groups is 1. The first-order valence-electron chi connectivity index (χ1n) is 5.14. The Morgan fingerprint density at radius 1 is 1.50 bits per heavy atom. The van der Waals surface area contributed by atoms with Crippen LogP contribution in [0.1, 0.15) is 19.4 Å². The fourth-order valence-electron chi connectivity index (χ4n) is 1.36. The summed E-state index contributed by atoms with van der Waals surface area (Å²) in [7, 11) is 0. The van der Waals surface area contributed by atoms with Crippen LogP contribution in [0.5, 0.6) is 0 Å². The third-order valence-electron chi connectivity index (χ3n) is 2.46. The zero-order chi connectivity index (χ0) is 12.3. The third-order valence-corrected chi connectivity index (χ3v) is 2.96. The second-order valence-corrected chi connectivity index (χ2v) is 5.06. The number of benzene rings is 1. The van der Waals surface area contributed by atoms with E-state index in [2.05, 4.69) is 15.9 Å². The van der Waals surface area contributed by atoms with Gasteiger partial charge < -0.3 is 5.73 Å². The van der Waals surface area contributed by atoms with Gasteiger partial charge in [0.25, 0.3) is 0 Å². The van der Waals surface area contributed by atoms with E-state index in [1.165, 1.54) is 6.07 Å². The molecule has 0 saturated heterocycles. The molecule has 0 radical (unpaired) electrons. The average molecular weight is 288 g/mol. The fourth-order valence-corrected chi connectivity index (χ4v) is 1.76. The summed E-state index contributed by atoms with van der Waals surface area (Å²) in [6.45, 7) is 3.75. The molecule has 0 aliphatic heterocycles. The Bertz CT molecular complexity index is 393.